The summed E-state index contributed by atoms with van der Waals surface area (Å²) in [6.45, 7) is 15.9. The van der Waals surface area contributed by atoms with Gasteiger partial charge in [0.1, 0.15) is 0 Å². The second-order valence-electron chi connectivity index (χ2n) is 6.81. The van der Waals surface area contributed by atoms with Crippen molar-refractivity contribution >= 4 is 11.9 Å². The first-order valence-corrected chi connectivity index (χ1v) is 8.26. The molecule has 0 aliphatic rings. The van der Waals surface area contributed by atoms with E-state index in [9.17, 15) is 9.59 Å². The molecular formula is C17H34N2O3. The van der Waals surface area contributed by atoms with E-state index in [-0.39, 0.29) is 17.8 Å². The van der Waals surface area contributed by atoms with Crippen molar-refractivity contribution in [1.29, 1.82) is 0 Å². The summed E-state index contributed by atoms with van der Waals surface area (Å²) in [6, 6.07) is 0. The second kappa shape index (κ2) is 9.82. The average Bonchev–Trinajstić information content (AvgIpc) is 2.47. The molecule has 0 radical (unpaired) electrons. The molecule has 0 N–H and O–H groups in total. The summed E-state index contributed by atoms with van der Waals surface area (Å²) in [6.07, 6.45) is 0.914. The highest BCUT2D eigenvalue weighted by molar-refractivity contribution is 5.82. The SMILES string of the molecule is CCN(CC)CCCN(CC(C)C(=O)OC)C(=O)C(C)(C)C. The van der Waals surface area contributed by atoms with Crippen molar-refractivity contribution in [3.63, 3.8) is 0 Å². The van der Waals surface area contributed by atoms with Crippen LogP contribution in [-0.2, 0) is 14.3 Å². The summed E-state index contributed by atoms with van der Waals surface area (Å²) in [5.41, 5.74) is -0.439. The zero-order chi connectivity index (χ0) is 17.3. The highest BCUT2D eigenvalue weighted by Gasteiger charge is 2.29. The standard InChI is InChI=1S/C17H34N2O3/c1-8-18(9-2)11-10-12-19(16(21)17(4,5)6)13-14(3)15(20)22-7/h14H,8-13H2,1-7H3. The molecule has 1 unspecified atom stereocenters. The van der Waals surface area contributed by atoms with Crippen molar-refractivity contribution < 1.29 is 14.3 Å². The van der Waals surface area contributed by atoms with Crippen LogP contribution in [0.15, 0.2) is 0 Å². The fourth-order valence-electron chi connectivity index (χ4n) is 2.38. The van der Waals surface area contributed by atoms with Gasteiger partial charge in [-0.3, -0.25) is 9.59 Å². The quantitative estimate of drug-likeness (QED) is 0.613. The first-order chi connectivity index (χ1) is 10.2. The van der Waals surface area contributed by atoms with Gasteiger partial charge in [-0.05, 0) is 26.1 Å². The van der Waals surface area contributed by atoms with Crippen molar-refractivity contribution in [3.05, 3.63) is 0 Å². The molecule has 0 heterocycles. The van der Waals surface area contributed by atoms with Crippen LogP contribution in [0.5, 0.6) is 0 Å². The molecule has 0 aromatic heterocycles. The van der Waals surface area contributed by atoms with Crippen molar-refractivity contribution in [3.8, 4) is 0 Å². The molecule has 5 nitrogen and oxygen atoms in total. The Labute approximate surface area is 136 Å². The van der Waals surface area contributed by atoms with E-state index < -0.39 is 5.41 Å². The van der Waals surface area contributed by atoms with Crippen LogP contribution in [0.4, 0.5) is 0 Å². The van der Waals surface area contributed by atoms with Crippen LogP contribution in [0.2, 0.25) is 0 Å². The van der Waals surface area contributed by atoms with E-state index in [0.717, 1.165) is 26.1 Å². The third-order valence-corrected chi connectivity index (χ3v) is 3.82. The lowest BCUT2D eigenvalue weighted by atomic mass is 9.94. The summed E-state index contributed by atoms with van der Waals surface area (Å²) in [5, 5.41) is 0. The monoisotopic (exact) mass is 314 g/mol. The molecule has 0 fully saturated rings. The van der Waals surface area contributed by atoms with Gasteiger partial charge in [-0.1, -0.05) is 41.5 Å². The number of nitrogens with zero attached hydrogens (tertiary/aromatic N) is 2. The number of esters is 1. The first-order valence-electron chi connectivity index (χ1n) is 8.26. The predicted octanol–water partition coefficient (Wildman–Crippen LogP) is 2.40. The normalized spacial score (nSPS) is 13.1. The van der Waals surface area contributed by atoms with Crippen LogP contribution >= 0.6 is 0 Å². The number of amides is 1. The Morgan fingerprint density at radius 1 is 1.09 bits per heavy atom. The molecule has 130 valence electrons. The molecule has 0 aliphatic heterocycles. The van der Waals surface area contributed by atoms with E-state index in [0.29, 0.717) is 13.1 Å². The van der Waals surface area contributed by atoms with Crippen molar-refractivity contribution in [2.75, 3.05) is 39.8 Å². The van der Waals surface area contributed by atoms with Crippen LogP contribution in [0.1, 0.15) is 48.0 Å². The largest absolute Gasteiger partial charge is 0.469 e. The van der Waals surface area contributed by atoms with Gasteiger partial charge in [-0.25, -0.2) is 0 Å². The Kier molecular flexibility index (Phi) is 9.33. The molecule has 0 saturated heterocycles. The lowest BCUT2D eigenvalue weighted by molar-refractivity contribution is -0.148. The predicted molar refractivity (Wildman–Crippen MR) is 89.6 cm³/mol. The molecule has 0 aliphatic carbocycles. The van der Waals surface area contributed by atoms with E-state index in [1.165, 1.54) is 7.11 Å². The highest BCUT2D eigenvalue weighted by Crippen LogP contribution is 2.19. The molecule has 22 heavy (non-hydrogen) atoms. The maximum absolute atomic E-state index is 12.6. The highest BCUT2D eigenvalue weighted by atomic mass is 16.5. The average molecular weight is 314 g/mol. The van der Waals surface area contributed by atoms with Gasteiger partial charge in [0.05, 0.1) is 13.0 Å². The van der Waals surface area contributed by atoms with Crippen LogP contribution in [0, 0.1) is 11.3 Å². The smallest absolute Gasteiger partial charge is 0.310 e. The molecular weight excluding hydrogens is 280 g/mol. The van der Waals surface area contributed by atoms with E-state index in [1.54, 1.807) is 6.92 Å². The number of ether oxygens (including phenoxy) is 1. The summed E-state index contributed by atoms with van der Waals surface area (Å²) in [5.74, 6) is -0.483. The maximum Gasteiger partial charge on any atom is 0.310 e. The van der Waals surface area contributed by atoms with Gasteiger partial charge in [0.25, 0.3) is 0 Å². The second-order valence-corrected chi connectivity index (χ2v) is 6.81. The fourth-order valence-corrected chi connectivity index (χ4v) is 2.38. The number of rotatable bonds is 9. The van der Waals surface area contributed by atoms with Crippen LogP contribution in [-0.4, -0.2) is 61.5 Å². The third-order valence-electron chi connectivity index (χ3n) is 3.82. The summed E-state index contributed by atoms with van der Waals surface area (Å²) in [7, 11) is 1.38. The summed E-state index contributed by atoms with van der Waals surface area (Å²) >= 11 is 0. The van der Waals surface area contributed by atoms with Crippen LogP contribution < -0.4 is 0 Å². The zero-order valence-corrected chi connectivity index (χ0v) is 15.4. The maximum atomic E-state index is 12.6. The Bertz CT molecular complexity index is 346. The lowest BCUT2D eigenvalue weighted by Gasteiger charge is -2.31. The van der Waals surface area contributed by atoms with E-state index in [2.05, 4.69) is 18.7 Å². The molecule has 0 spiro atoms. The minimum absolute atomic E-state index is 0.0859. The van der Waals surface area contributed by atoms with Gasteiger partial charge >= 0.3 is 5.97 Å². The Morgan fingerprint density at radius 2 is 1.64 bits per heavy atom. The van der Waals surface area contributed by atoms with Gasteiger partial charge in [0, 0.05) is 18.5 Å². The Hall–Kier alpha value is -1.10. The number of carbonyl (C=O) groups is 2. The molecule has 1 atom stereocenters. The zero-order valence-electron chi connectivity index (χ0n) is 15.4. The molecule has 0 saturated carbocycles. The molecule has 0 bridgehead atoms. The van der Waals surface area contributed by atoms with Gasteiger partial charge in [-0.15, -0.1) is 0 Å². The third kappa shape index (κ3) is 7.25. The minimum atomic E-state index is -0.439. The first kappa shape index (κ1) is 20.9. The van der Waals surface area contributed by atoms with Gasteiger partial charge in [0.15, 0.2) is 0 Å². The van der Waals surface area contributed by atoms with Crippen LogP contribution in [0.25, 0.3) is 0 Å². The topological polar surface area (TPSA) is 49.9 Å². The summed E-state index contributed by atoms with van der Waals surface area (Å²) < 4.78 is 4.77. The van der Waals surface area contributed by atoms with Gasteiger partial charge < -0.3 is 14.5 Å². The summed E-state index contributed by atoms with van der Waals surface area (Å²) in [4.78, 5) is 28.4. The van der Waals surface area contributed by atoms with E-state index in [1.807, 2.05) is 25.7 Å². The molecule has 0 rings (SSSR count). The lowest BCUT2D eigenvalue weighted by Crippen LogP contribution is -2.44. The number of hydrogen-bond donors (Lipinski definition) is 0. The van der Waals surface area contributed by atoms with Gasteiger partial charge in [-0.2, -0.15) is 0 Å². The number of carbonyl (C=O) groups excluding carboxylic acids is 2. The van der Waals surface area contributed by atoms with Crippen molar-refractivity contribution in [2.45, 2.75) is 48.0 Å². The molecule has 0 aromatic carbocycles. The van der Waals surface area contributed by atoms with Crippen molar-refractivity contribution in [2.24, 2.45) is 11.3 Å². The number of hydrogen-bond acceptors (Lipinski definition) is 4. The fraction of sp³-hybridized carbons (Fsp3) is 0.882. The molecule has 5 heteroatoms. The Balaban J connectivity index is 4.73. The van der Waals surface area contributed by atoms with Gasteiger partial charge in [0.2, 0.25) is 5.91 Å². The van der Waals surface area contributed by atoms with E-state index >= 15 is 0 Å². The van der Waals surface area contributed by atoms with Crippen molar-refractivity contribution in [1.82, 2.24) is 9.80 Å². The van der Waals surface area contributed by atoms with E-state index in [4.69, 9.17) is 4.74 Å². The minimum Gasteiger partial charge on any atom is -0.469 e. The van der Waals surface area contributed by atoms with Crippen LogP contribution in [0.3, 0.4) is 0 Å². The molecule has 1 amide bonds. The number of methoxy groups -OCH3 is 1. The molecule has 0 aromatic rings. The Morgan fingerprint density at radius 3 is 2.05 bits per heavy atom.